The summed E-state index contributed by atoms with van der Waals surface area (Å²) >= 11 is 0. The monoisotopic (exact) mass is 289 g/mol. The summed E-state index contributed by atoms with van der Waals surface area (Å²) in [7, 11) is 0. The first kappa shape index (κ1) is 15.2. The van der Waals surface area contributed by atoms with E-state index in [4.69, 9.17) is 9.47 Å². The van der Waals surface area contributed by atoms with Gasteiger partial charge in [-0.3, -0.25) is 0 Å². The lowest BCUT2D eigenvalue weighted by atomic mass is 10.3. The molecular weight excluding hydrogens is 269 g/mol. The SMILES string of the molecule is CCCOc1ccc(OCCNc2cccc(F)c2)cc1. The zero-order valence-electron chi connectivity index (χ0n) is 12.1. The van der Waals surface area contributed by atoms with Gasteiger partial charge in [-0.15, -0.1) is 0 Å². The number of rotatable bonds is 8. The molecule has 0 bridgehead atoms. The average Bonchev–Trinajstić information content (AvgIpc) is 2.51. The highest BCUT2D eigenvalue weighted by atomic mass is 19.1. The Bertz CT molecular complexity index is 543. The standard InChI is InChI=1S/C17H20FNO2/c1-2-11-20-16-6-8-17(9-7-16)21-12-10-19-15-5-3-4-14(18)13-15/h3-9,13,19H,2,10-12H2,1H3. The molecular formula is C17H20FNO2. The Morgan fingerprint density at radius 1 is 0.952 bits per heavy atom. The van der Waals surface area contributed by atoms with Crippen LogP contribution in [0.4, 0.5) is 10.1 Å². The van der Waals surface area contributed by atoms with Crippen molar-refractivity contribution < 1.29 is 13.9 Å². The van der Waals surface area contributed by atoms with Crippen LogP contribution in [0.1, 0.15) is 13.3 Å². The summed E-state index contributed by atoms with van der Waals surface area (Å²) in [6.07, 6.45) is 0.990. The minimum atomic E-state index is -0.247. The Labute approximate surface area is 124 Å². The normalized spacial score (nSPS) is 10.2. The fourth-order valence-electron chi connectivity index (χ4n) is 1.81. The third-order valence-corrected chi connectivity index (χ3v) is 2.82. The summed E-state index contributed by atoms with van der Waals surface area (Å²) in [4.78, 5) is 0. The molecule has 0 unspecified atom stereocenters. The van der Waals surface area contributed by atoms with E-state index >= 15 is 0 Å². The van der Waals surface area contributed by atoms with Crippen LogP contribution in [0.2, 0.25) is 0 Å². The predicted molar refractivity (Wildman–Crippen MR) is 82.6 cm³/mol. The highest BCUT2D eigenvalue weighted by molar-refractivity contribution is 5.42. The summed E-state index contributed by atoms with van der Waals surface area (Å²) in [5.74, 6) is 1.39. The van der Waals surface area contributed by atoms with Gasteiger partial charge in [-0.05, 0) is 48.9 Å². The molecule has 0 atom stereocenters. The Kier molecular flexibility index (Phi) is 5.88. The van der Waals surface area contributed by atoms with E-state index < -0.39 is 0 Å². The molecule has 0 saturated heterocycles. The van der Waals surface area contributed by atoms with Crippen LogP contribution in [0.5, 0.6) is 11.5 Å². The largest absolute Gasteiger partial charge is 0.494 e. The van der Waals surface area contributed by atoms with Crippen LogP contribution in [0.15, 0.2) is 48.5 Å². The molecule has 0 radical (unpaired) electrons. The fraction of sp³-hybridized carbons (Fsp3) is 0.294. The maximum absolute atomic E-state index is 13.0. The molecule has 0 spiro atoms. The molecule has 0 amide bonds. The third kappa shape index (κ3) is 5.34. The minimum Gasteiger partial charge on any atom is -0.494 e. The Morgan fingerprint density at radius 3 is 2.24 bits per heavy atom. The van der Waals surface area contributed by atoms with Crippen LogP contribution in [-0.2, 0) is 0 Å². The van der Waals surface area contributed by atoms with Gasteiger partial charge in [0.1, 0.15) is 23.9 Å². The third-order valence-electron chi connectivity index (χ3n) is 2.82. The van der Waals surface area contributed by atoms with Gasteiger partial charge in [0.25, 0.3) is 0 Å². The molecule has 0 saturated carbocycles. The van der Waals surface area contributed by atoms with E-state index in [0.29, 0.717) is 13.2 Å². The van der Waals surface area contributed by atoms with Crippen molar-refractivity contribution in [1.82, 2.24) is 0 Å². The van der Waals surface area contributed by atoms with Gasteiger partial charge in [-0.1, -0.05) is 13.0 Å². The first-order valence-electron chi connectivity index (χ1n) is 7.13. The van der Waals surface area contributed by atoms with Gasteiger partial charge >= 0.3 is 0 Å². The van der Waals surface area contributed by atoms with Crippen molar-refractivity contribution in [1.29, 1.82) is 0 Å². The van der Waals surface area contributed by atoms with Crippen LogP contribution in [0.3, 0.4) is 0 Å². The van der Waals surface area contributed by atoms with Crippen molar-refractivity contribution >= 4 is 5.69 Å². The Morgan fingerprint density at radius 2 is 1.62 bits per heavy atom. The summed E-state index contributed by atoms with van der Waals surface area (Å²) in [5.41, 5.74) is 0.752. The fourth-order valence-corrected chi connectivity index (χ4v) is 1.81. The molecule has 0 aliphatic carbocycles. The maximum Gasteiger partial charge on any atom is 0.125 e. The predicted octanol–water partition coefficient (Wildman–Crippen LogP) is 4.11. The number of anilines is 1. The molecule has 0 fully saturated rings. The quantitative estimate of drug-likeness (QED) is 0.742. The van der Waals surface area contributed by atoms with Gasteiger partial charge in [0.15, 0.2) is 0 Å². The van der Waals surface area contributed by atoms with Gasteiger partial charge in [-0.2, -0.15) is 0 Å². The first-order chi connectivity index (χ1) is 10.3. The van der Waals surface area contributed by atoms with E-state index in [2.05, 4.69) is 12.2 Å². The second-order valence-electron chi connectivity index (χ2n) is 4.61. The van der Waals surface area contributed by atoms with Crippen LogP contribution < -0.4 is 14.8 Å². The second-order valence-corrected chi connectivity index (χ2v) is 4.61. The minimum absolute atomic E-state index is 0.247. The van der Waals surface area contributed by atoms with Crippen LogP contribution in [0, 0.1) is 5.82 Å². The zero-order valence-corrected chi connectivity index (χ0v) is 12.1. The van der Waals surface area contributed by atoms with Gasteiger partial charge in [0.2, 0.25) is 0 Å². The summed E-state index contributed by atoms with van der Waals surface area (Å²) in [6, 6.07) is 13.9. The van der Waals surface area contributed by atoms with Crippen molar-refractivity contribution in [3.8, 4) is 11.5 Å². The molecule has 4 heteroatoms. The van der Waals surface area contributed by atoms with E-state index in [0.717, 1.165) is 30.2 Å². The molecule has 0 aliphatic heterocycles. The molecule has 112 valence electrons. The van der Waals surface area contributed by atoms with E-state index in [9.17, 15) is 4.39 Å². The van der Waals surface area contributed by atoms with Crippen LogP contribution in [-0.4, -0.2) is 19.8 Å². The van der Waals surface area contributed by atoms with E-state index in [-0.39, 0.29) is 5.82 Å². The number of hydrogen-bond donors (Lipinski definition) is 1. The average molecular weight is 289 g/mol. The topological polar surface area (TPSA) is 30.5 Å². The van der Waals surface area contributed by atoms with Crippen LogP contribution in [0.25, 0.3) is 0 Å². The summed E-state index contributed by atoms with van der Waals surface area (Å²) < 4.78 is 24.1. The van der Waals surface area contributed by atoms with Gasteiger partial charge < -0.3 is 14.8 Å². The van der Waals surface area contributed by atoms with Gasteiger partial charge in [0, 0.05) is 12.2 Å². The maximum atomic E-state index is 13.0. The molecule has 2 aromatic rings. The molecule has 0 heterocycles. The molecule has 0 aliphatic rings. The molecule has 3 nitrogen and oxygen atoms in total. The van der Waals surface area contributed by atoms with Gasteiger partial charge in [0.05, 0.1) is 6.61 Å². The molecule has 0 aromatic heterocycles. The highest BCUT2D eigenvalue weighted by Gasteiger charge is 1.97. The summed E-state index contributed by atoms with van der Waals surface area (Å²) in [6.45, 7) is 3.91. The second kappa shape index (κ2) is 8.15. The number of benzene rings is 2. The number of ether oxygens (including phenoxy) is 2. The van der Waals surface area contributed by atoms with Crippen molar-refractivity contribution in [2.45, 2.75) is 13.3 Å². The number of halogens is 1. The Balaban J connectivity index is 1.71. The van der Waals surface area contributed by atoms with E-state index in [1.165, 1.54) is 12.1 Å². The lowest BCUT2D eigenvalue weighted by molar-refractivity contribution is 0.313. The van der Waals surface area contributed by atoms with Crippen LogP contribution >= 0.6 is 0 Å². The summed E-state index contributed by atoms with van der Waals surface area (Å²) in [5, 5.41) is 3.11. The first-order valence-corrected chi connectivity index (χ1v) is 7.13. The van der Waals surface area contributed by atoms with Crippen molar-refractivity contribution in [3.63, 3.8) is 0 Å². The Hall–Kier alpha value is -2.23. The number of nitrogens with one attached hydrogen (secondary N) is 1. The molecule has 2 rings (SSSR count). The molecule has 2 aromatic carbocycles. The lowest BCUT2D eigenvalue weighted by Gasteiger charge is -2.09. The number of hydrogen-bond acceptors (Lipinski definition) is 3. The van der Waals surface area contributed by atoms with Gasteiger partial charge in [-0.25, -0.2) is 4.39 Å². The molecule has 21 heavy (non-hydrogen) atoms. The highest BCUT2D eigenvalue weighted by Crippen LogP contribution is 2.17. The smallest absolute Gasteiger partial charge is 0.125 e. The zero-order chi connectivity index (χ0) is 14.9. The van der Waals surface area contributed by atoms with Crippen molar-refractivity contribution in [3.05, 3.63) is 54.3 Å². The van der Waals surface area contributed by atoms with Crippen molar-refractivity contribution in [2.24, 2.45) is 0 Å². The van der Waals surface area contributed by atoms with Crippen molar-refractivity contribution in [2.75, 3.05) is 25.1 Å². The lowest BCUT2D eigenvalue weighted by Crippen LogP contribution is -2.11. The van der Waals surface area contributed by atoms with E-state index in [1.54, 1.807) is 6.07 Å². The van der Waals surface area contributed by atoms with E-state index in [1.807, 2.05) is 30.3 Å². The molecule has 1 N–H and O–H groups in total.